The quantitative estimate of drug-likeness (QED) is 0.403. The van der Waals surface area contributed by atoms with E-state index in [9.17, 15) is 5.26 Å². The van der Waals surface area contributed by atoms with Crippen molar-refractivity contribution in [2.75, 3.05) is 0 Å². The van der Waals surface area contributed by atoms with Crippen LogP contribution in [-0.4, -0.2) is 24.9 Å². The van der Waals surface area contributed by atoms with Gasteiger partial charge in [-0.3, -0.25) is 9.97 Å². The maximum absolute atomic E-state index is 9.61. The molecule has 32 heavy (non-hydrogen) atoms. The summed E-state index contributed by atoms with van der Waals surface area (Å²) >= 11 is 0. The number of nitrogens with zero attached hydrogens (tertiary/aromatic N) is 6. The van der Waals surface area contributed by atoms with E-state index in [-0.39, 0.29) is 0 Å². The molecule has 5 heterocycles. The topological polar surface area (TPSA) is 88.2 Å². The van der Waals surface area contributed by atoms with Crippen LogP contribution in [0.4, 0.5) is 0 Å². The number of rotatable bonds is 4. The van der Waals surface area contributed by atoms with Crippen molar-refractivity contribution in [1.29, 1.82) is 5.26 Å². The molecule has 6 nitrogen and oxygen atoms in total. The van der Waals surface area contributed by atoms with Gasteiger partial charge in [0.2, 0.25) is 0 Å². The Bertz CT molecular complexity index is 1320. The molecule has 0 amide bonds. The van der Waals surface area contributed by atoms with Crippen molar-refractivity contribution in [3.63, 3.8) is 0 Å². The van der Waals surface area contributed by atoms with E-state index in [4.69, 9.17) is 15.0 Å². The third-order valence-electron chi connectivity index (χ3n) is 4.83. The van der Waals surface area contributed by atoms with Crippen molar-refractivity contribution in [1.82, 2.24) is 24.9 Å². The third kappa shape index (κ3) is 3.95. The molecule has 0 aliphatic carbocycles. The lowest BCUT2D eigenvalue weighted by molar-refractivity contribution is 1.19. The van der Waals surface area contributed by atoms with Gasteiger partial charge in [0.05, 0.1) is 57.2 Å². The molecule has 0 aliphatic rings. The van der Waals surface area contributed by atoms with Gasteiger partial charge < -0.3 is 0 Å². The Morgan fingerprint density at radius 1 is 0.469 bits per heavy atom. The zero-order valence-corrected chi connectivity index (χ0v) is 16.9. The molecule has 0 unspecified atom stereocenters. The van der Waals surface area contributed by atoms with Crippen molar-refractivity contribution < 1.29 is 0 Å². The summed E-state index contributed by atoms with van der Waals surface area (Å²) in [7, 11) is 0. The molecule has 0 spiro atoms. The van der Waals surface area contributed by atoms with Gasteiger partial charge in [-0.2, -0.15) is 5.26 Å². The molecule has 0 bridgehead atoms. The summed E-state index contributed by atoms with van der Waals surface area (Å²) in [4.78, 5) is 23.0. The van der Waals surface area contributed by atoms with Gasteiger partial charge in [0, 0.05) is 12.4 Å². The summed E-state index contributed by atoms with van der Waals surface area (Å²) in [6.45, 7) is 0. The first-order chi connectivity index (χ1) is 15.8. The Labute approximate surface area is 185 Å². The first kappa shape index (κ1) is 19.2. The SMILES string of the molecule is N#Cc1cc(-c2cccc(-c3ccccn3)n2)nc(-c2cccc(-c3ccccn3)n2)c1. The lowest BCUT2D eigenvalue weighted by Gasteiger charge is -2.08. The summed E-state index contributed by atoms with van der Waals surface area (Å²) in [5.41, 5.74) is 6.03. The average Bonchev–Trinajstić information content (AvgIpc) is 2.89. The molecule has 5 rings (SSSR count). The molecule has 0 aromatic carbocycles. The second-order valence-electron chi connectivity index (χ2n) is 6.98. The van der Waals surface area contributed by atoms with E-state index in [1.165, 1.54) is 0 Å². The first-order valence-electron chi connectivity index (χ1n) is 10.00. The highest BCUT2D eigenvalue weighted by atomic mass is 14.8. The Morgan fingerprint density at radius 3 is 1.28 bits per heavy atom. The van der Waals surface area contributed by atoms with Crippen LogP contribution in [0, 0.1) is 11.3 Å². The monoisotopic (exact) mass is 412 g/mol. The van der Waals surface area contributed by atoms with Crippen molar-refractivity contribution in [2.45, 2.75) is 0 Å². The van der Waals surface area contributed by atoms with E-state index >= 15 is 0 Å². The minimum absolute atomic E-state index is 0.486. The van der Waals surface area contributed by atoms with Crippen LogP contribution in [0.25, 0.3) is 45.6 Å². The van der Waals surface area contributed by atoms with Crippen LogP contribution in [0.15, 0.2) is 97.3 Å². The Hall–Kier alpha value is -4.76. The van der Waals surface area contributed by atoms with Crippen LogP contribution in [-0.2, 0) is 0 Å². The summed E-state index contributed by atoms with van der Waals surface area (Å²) in [5.74, 6) is 0. The molecule has 0 fully saturated rings. The smallest absolute Gasteiger partial charge is 0.0993 e. The molecular weight excluding hydrogens is 396 g/mol. The van der Waals surface area contributed by atoms with Crippen LogP contribution >= 0.6 is 0 Å². The minimum atomic E-state index is 0.486. The average molecular weight is 412 g/mol. The van der Waals surface area contributed by atoms with Crippen LogP contribution < -0.4 is 0 Å². The van der Waals surface area contributed by atoms with Crippen LogP contribution in [0.1, 0.15) is 5.56 Å². The lowest BCUT2D eigenvalue weighted by atomic mass is 10.1. The van der Waals surface area contributed by atoms with E-state index < -0.39 is 0 Å². The predicted molar refractivity (Wildman–Crippen MR) is 122 cm³/mol. The fourth-order valence-corrected chi connectivity index (χ4v) is 3.33. The maximum atomic E-state index is 9.61. The van der Waals surface area contributed by atoms with Gasteiger partial charge >= 0.3 is 0 Å². The lowest BCUT2D eigenvalue weighted by Crippen LogP contribution is -1.96. The molecule has 5 aromatic rings. The number of pyridine rings is 5. The van der Waals surface area contributed by atoms with Crippen LogP contribution in [0.2, 0.25) is 0 Å². The first-order valence-corrected chi connectivity index (χ1v) is 10.00. The molecule has 0 atom stereocenters. The van der Waals surface area contributed by atoms with Crippen molar-refractivity contribution in [3.05, 3.63) is 103 Å². The van der Waals surface area contributed by atoms with Gasteiger partial charge in [0.1, 0.15) is 0 Å². The van der Waals surface area contributed by atoms with E-state index in [0.717, 1.165) is 22.8 Å². The fourth-order valence-electron chi connectivity index (χ4n) is 3.33. The van der Waals surface area contributed by atoms with E-state index in [2.05, 4.69) is 16.0 Å². The highest BCUT2D eigenvalue weighted by molar-refractivity contribution is 5.68. The molecule has 150 valence electrons. The van der Waals surface area contributed by atoms with Gasteiger partial charge in [-0.15, -0.1) is 0 Å². The minimum Gasteiger partial charge on any atom is -0.255 e. The number of hydrogen-bond donors (Lipinski definition) is 0. The number of aromatic nitrogens is 5. The van der Waals surface area contributed by atoms with Crippen LogP contribution in [0.3, 0.4) is 0 Å². The van der Waals surface area contributed by atoms with Crippen molar-refractivity contribution >= 4 is 0 Å². The number of nitriles is 1. The Balaban J connectivity index is 1.59. The van der Waals surface area contributed by atoms with Crippen molar-refractivity contribution in [3.8, 4) is 51.6 Å². The Morgan fingerprint density at radius 2 is 0.875 bits per heavy atom. The fraction of sp³-hybridized carbons (Fsp3) is 0. The molecule has 6 heteroatoms. The van der Waals surface area contributed by atoms with E-state index in [1.54, 1.807) is 24.5 Å². The zero-order chi connectivity index (χ0) is 21.8. The third-order valence-corrected chi connectivity index (χ3v) is 4.83. The van der Waals surface area contributed by atoms with Crippen LogP contribution in [0.5, 0.6) is 0 Å². The largest absolute Gasteiger partial charge is 0.255 e. The zero-order valence-electron chi connectivity index (χ0n) is 16.9. The normalized spacial score (nSPS) is 10.5. The molecule has 0 aliphatic heterocycles. The Kier molecular flexibility index (Phi) is 5.13. The molecule has 0 radical (unpaired) electrons. The van der Waals surface area contributed by atoms with E-state index in [0.29, 0.717) is 28.3 Å². The molecule has 0 N–H and O–H groups in total. The molecule has 0 saturated heterocycles. The second-order valence-corrected chi connectivity index (χ2v) is 6.98. The van der Waals surface area contributed by atoms with Crippen molar-refractivity contribution in [2.24, 2.45) is 0 Å². The summed E-state index contributed by atoms with van der Waals surface area (Å²) in [6, 6.07) is 28.4. The second kappa shape index (κ2) is 8.54. The number of hydrogen-bond acceptors (Lipinski definition) is 6. The van der Waals surface area contributed by atoms with Gasteiger partial charge in [-0.1, -0.05) is 24.3 Å². The standard InChI is InChI=1S/C26H16N6/c27-17-18-15-25(23-11-5-9-21(30-23)19-7-1-3-13-28-19)32-26(16-18)24-12-6-10-22(31-24)20-8-2-4-14-29-20/h1-16H. The highest BCUT2D eigenvalue weighted by Crippen LogP contribution is 2.26. The summed E-state index contributed by atoms with van der Waals surface area (Å²) in [5, 5.41) is 9.61. The maximum Gasteiger partial charge on any atom is 0.0993 e. The summed E-state index contributed by atoms with van der Waals surface area (Å²) in [6.07, 6.45) is 3.47. The van der Waals surface area contributed by atoms with Gasteiger partial charge in [-0.25, -0.2) is 15.0 Å². The van der Waals surface area contributed by atoms with Gasteiger partial charge in [0.25, 0.3) is 0 Å². The van der Waals surface area contributed by atoms with Gasteiger partial charge in [-0.05, 0) is 60.7 Å². The summed E-state index contributed by atoms with van der Waals surface area (Å²) < 4.78 is 0. The van der Waals surface area contributed by atoms with Gasteiger partial charge in [0.15, 0.2) is 0 Å². The molecule has 5 aromatic heterocycles. The highest BCUT2D eigenvalue weighted by Gasteiger charge is 2.12. The predicted octanol–water partition coefficient (Wildman–Crippen LogP) is 5.20. The molecular formula is C26H16N6. The van der Waals surface area contributed by atoms with E-state index in [1.807, 2.05) is 72.8 Å². The molecule has 0 saturated carbocycles.